The van der Waals surface area contributed by atoms with Crippen LogP contribution in [0.15, 0.2) is 23.2 Å². The van der Waals surface area contributed by atoms with Crippen LogP contribution in [0.5, 0.6) is 0 Å². The molecule has 0 spiro atoms. The van der Waals surface area contributed by atoms with Gasteiger partial charge in [0.05, 0.1) is 0 Å². The lowest BCUT2D eigenvalue weighted by Crippen LogP contribution is -2.13. The van der Waals surface area contributed by atoms with E-state index in [4.69, 9.17) is 5.14 Å². The molecule has 132 valence electrons. The van der Waals surface area contributed by atoms with Crippen LogP contribution in [0, 0.1) is 5.92 Å². The predicted molar refractivity (Wildman–Crippen MR) is 78.7 cm³/mol. The first kappa shape index (κ1) is 18.3. The van der Waals surface area contributed by atoms with Crippen LogP contribution in [-0.2, 0) is 22.6 Å². The SMILES string of the molecule is CC(C)CCc1nc(C(F)(F)F)nn1-c1ccc(S(N)(=O)=O)cn1. The lowest BCUT2D eigenvalue weighted by atomic mass is 10.1. The third-order valence-corrected chi connectivity index (χ3v) is 4.04. The van der Waals surface area contributed by atoms with Gasteiger partial charge in [-0.05, 0) is 24.5 Å². The molecule has 0 aromatic carbocycles. The van der Waals surface area contributed by atoms with E-state index in [1.54, 1.807) is 0 Å². The summed E-state index contributed by atoms with van der Waals surface area (Å²) in [6.45, 7) is 3.87. The molecule has 0 aliphatic rings. The van der Waals surface area contributed by atoms with Crippen molar-refractivity contribution in [2.45, 2.75) is 37.8 Å². The van der Waals surface area contributed by atoms with Gasteiger partial charge in [-0.2, -0.15) is 17.9 Å². The van der Waals surface area contributed by atoms with Crippen molar-refractivity contribution in [3.63, 3.8) is 0 Å². The Morgan fingerprint density at radius 3 is 2.42 bits per heavy atom. The van der Waals surface area contributed by atoms with Crippen molar-refractivity contribution < 1.29 is 21.6 Å². The summed E-state index contributed by atoms with van der Waals surface area (Å²) in [5, 5.41) is 8.43. The monoisotopic (exact) mass is 363 g/mol. The zero-order valence-electron chi connectivity index (χ0n) is 12.9. The van der Waals surface area contributed by atoms with Crippen LogP contribution in [0.2, 0.25) is 0 Å². The molecule has 2 N–H and O–H groups in total. The van der Waals surface area contributed by atoms with Gasteiger partial charge in [0, 0.05) is 12.6 Å². The molecule has 0 radical (unpaired) electrons. The summed E-state index contributed by atoms with van der Waals surface area (Å²) in [4.78, 5) is 7.13. The molecule has 0 aliphatic heterocycles. The van der Waals surface area contributed by atoms with Crippen molar-refractivity contribution in [1.29, 1.82) is 0 Å². The fourth-order valence-corrected chi connectivity index (χ4v) is 2.35. The Hall–Kier alpha value is -2.01. The Morgan fingerprint density at radius 2 is 1.96 bits per heavy atom. The Morgan fingerprint density at radius 1 is 1.29 bits per heavy atom. The second kappa shape index (κ2) is 6.48. The van der Waals surface area contributed by atoms with Gasteiger partial charge in [0.1, 0.15) is 10.7 Å². The minimum Gasteiger partial charge on any atom is -0.236 e. The summed E-state index contributed by atoms with van der Waals surface area (Å²) >= 11 is 0. The van der Waals surface area contributed by atoms with E-state index >= 15 is 0 Å². The number of sulfonamides is 1. The number of halogens is 3. The standard InChI is InChI=1S/C13H16F3N5O2S/c1-8(2)3-5-11-19-12(13(14,15)16)20-21(11)10-6-4-9(7-18-10)24(17,22)23/h4,6-8H,3,5H2,1-2H3,(H2,17,22,23). The van der Waals surface area contributed by atoms with E-state index < -0.39 is 22.0 Å². The summed E-state index contributed by atoms with van der Waals surface area (Å²) in [6, 6.07) is 2.38. The predicted octanol–water partition coefficient (Wildman–Crippen LogP) is 1.92. The van der Waals surface area contributed by atoms with Crippen LogP contribution in [-0.4, -0.2) is 28.2 Å². The number of nitrogens with two attached hydrogens (primary N) is 1. The van der Waals surface area contributed by atoms with Crippen molar-refractivity contribution >= 4 is 10.0 Å². The summed E-state index contributed by atoms with van der Waals surface area (Å²) in [5.41, 5.74) is 0. The highest BCUT2D eigenvalue weighted by molar-refractivity contribution is 7.89. The number of primary sulfonamides is 1. The van der Waals surface area contributed by atoms with Gasteiger partial charge in [0.25, 0.3) is 5.82 Å². The third-order valence-electron chi connectivity index (χ3n) is 3.14. The first-order valence-corrected chi connectivity index (χ1v) is 8.55. The zero-order valence-corrected chi connectivity index (χ0v) is 13.8. The first-order valence-electron chi connectivity index (χ1n) is 7.01. The molecule has 0 bridgehead atoms. The van der Waals surface area contributed by atoms with Crippen LogP contribution in [0.3, 0.4) is 0 Å². The Balaban J connectivity index is 2.45. The molecule has 0 amide bonds. The lowest BCUT2D eigenvalue weighted by Gasteiger charge is -2.07. The molecule has 2 rings (SSSR count). The van der Waals surface area contributed by atoms with E-state index in [2.05, 4.69) is 15.1 Å². The van der Waals surface area contributed by atoms with E-state index in [1.165, 1.54) is 6.07 Å². The summed E-state index contributed by atoms with van der Waals surface area (Å²) in [6.07, 6.45) is -2.82. The molecule has 0 saturated carbocycles. The normalized spacial score (nSPS) is 12.8. The molecule has 7 nitrogen and oxygen atoms in total. The zero-order chi connectivity index (χ0) is 18.1. The number of pyridine rings is 1. The van der Waals surface area contributed by atoms with Crippen LogP contribution < -0.4 is 5.14 Å². The quantitative estimate of drug-likeness (QED) is 0.874. The number of hydrogen-bond donors (Lipinski definition) is 1. The van der Waals surface area contributed by atoms with Gasteiger partial charge >= 0.3 is 6.18 Å². The van der Waals surface area contributed by atoms with Crippen molar-refractivity contribution in [3.8, 4) is 5.82 Å². The Labute approximate surface area is 136 Å². The number of aryl methyl sites for hydroxylation is 1. The van der Waals surface area contributed by atoms with Crippen LogP contribution in [0.4, 0.5) is 13.2 Å². The molecule has 2 aromatic rings. The van der Waals surface area contributed by atoms with Gasteiger partial charge in [0.15, 0.2) is 5.82 Å². The molecule has 2 heterocycles. The summed E-state index contributed by atoms with van der Waals surface area (Å²) < 4.78 is 62.0. The Bertz CT molecular complexity index is 813. The molecule has 11 heteroatoms. The van der Waals surface area contributed by atoms with E-state index in [1.807, 2.05) is 13.8 Å². The van der Waals surface area contributed by atoms with E-state index in [9.17, 15) is 21.6 Å². The highest BCUT2D eigenvalue weighted by Crippen LogP contribution is 2.27. The molecular formula is C13H16F3N5O2S. The average Bonchev–Trinajstić information content (AvgIpc) is 2.88. The highest BCUT2D eigenvalue weighted by atomic mass is 32.2. The summed E-state index contributed by atoms with van der Waals surface area (Å²) in [7, 11) is -3.94. The molecule has 24 heavy (non-hydrogen) atoms. The van der Waals surface area contributed by atoms with Gasteiger partial charge < -0.3 is 0 Å². The molecule has 0 unspecified atom stereocenters. The van der Waals surface area contributed by atoms with Crippen molar-refractivity contribution in [2.75, 3.05) is 0 Å². The number of nitrogens with zero attached hydrogens (tertiary/aromatic N) is 4. The summed E-state index contributed by atoms with van der Waals surface area (Å²) in [5.74, 6) is -0.864. The van der Waals surface area contributed by atoms with Crippen molar-refractivity contribution in [1.82, 2.24) is 19.7 Å². The number of alkyl halides is 3. The maximum atomic E-state index is 12.9. The van der Waals surface area contributed by atoms with E-state index in [0.29, 0.717) is 6.42 Å². The third kappa shape index (κ3) is 4.29. The smallest absolute Gasteiger partial charge is 0.236 e. The lowest BCUT2D eigenvalue weighted by molar-refractivity contribution is -0.144. The highest BCUT2D eigenvalue weighted by Gasteiger charge is 2.37. The van der Waals surface area contributed by atoms with Gasteiger partial charge in [-0.15, -0.1) is 5.10 Å². The maximum Gasteiger partial charge on any atom is 0.453 e. The average molecular weight is 363 g/mol. The molecule has 0 saturated heterocycles. The number of aromatic nitrogens is 4. The van der Waals surface area contributed by atoms with Gasteiger partial charge in [-0.3, -0.25) is 0 Å². The fourth-order valence-electron chi connectivity index (χ4n) is 1.89. The second-order valence-corrected chi connectivity index (χ2v) is 7.15. The first-order chi connectivity index (χ1) is 11.0. The molecule has 0 atom stereocenters. The maximum absolute atomic E-state index is 12.9. The molecular weight excluding hydrogens is 347 g/mol. The van der Waals surface area contributed by atoms with Gasteiger partial charge in [-0.25, -0.2) is 23.5 Å². The topological polar surface area (TPSA) is 104 Å². The van der Waals surface area contributed by atoms with E-state index in [-0.39, 0.29) is 28.9 Å². The van der Waals surface area contributed by atoms with Gasteiger partial charge in [0.2, 0.25) is 10.0 Å². The number of hydrogen-bond acceptors (Lipinski definition) is 5. The van der Waals surface area contributed by atoms with Gasteiger partial charge in [-0.1, -0.05) is 13.8 Å². The molecule has 0 fully saturated rings. The Kier molecular flexibility index (Phi) is 4.95. The molecule has 2 aromatic heterocycles. The van der Waals surface area contributed by atoms with Crippen molar-refractivity contribution in [2.24, 2.45) is 11.1 Å². The van der Waals surface area contributed by atoms with Crippen molar-refractivity contribution in [3.05, 3.63) is 30.0 Å². The largest absolute Gasteiger partial charge is 0.453 e. The van der Waals surface area contributed by atoms with Crippen LogP contribution in [0.1, 0.15) is 31.9 Å². The van der Waals surface area contributed by atoms with Crippen LogP contribution >= 0.6 is 0 Å². The minimum absolute atomic E-state index is 0.0316. The number of rotatable bonds is 5. The van der Waals surface area contributed by atoms with Crippen LogP contribution in [0.25, 0.3) is 5.82 Å². The second-order valence-electron chi connectivity index (χ2n) is 5.59. The fraction of sp³-hybridized carbons (Fsp3) is 0.462. The molecule has 0 aliphatic carbocycles. The minimum atomic E-state index is -4.68. The van der Waals surface area contributed by atoms with E-state index in [0.717, 1.165) is 16.9 Å².